The van der Waals surface area contributed by atoms with Crippen molar-refractivity contribution < 1.29 is 13.6 Å². The highest BCUT2D eigenvalue weighted by Gasteiger charge is 2.28. The number of amides is 2. The third kappa shape index (κ3) is 3.52. The summed E-state index contributed by atoms with van der Waals surface area (Å²) in [4.78, 5) is 23.7. The van der Waals surface area contributed by atoms with Crippen molar-refractivity contribution >= 4 is 28.9 Å². The van der Waals surface area contributed by atoms with E-state index in [0.717, 1.165) is 15.4 Å². The number of nitrogens with one attached hydrogen (secondary N) is 1. The highest BCUT2D eigenvalue weighted by Crippen LogP contribution is 2.29. The van der Waals surface area contributed by atoms with E-state index in [-0.39, 0.29) is 18.9 Å². The maximum absolute atomic E-state index is 12.7. The van der Waals surface area contributed by atoms with E-state index in [9.17, 15) is 13.6 Å². The predicted molar refractivity (Wildman–Crippen MR) is 101 cm³/mol. The fourth-order valence-electron chi connectivity index (χ4n) is 3.01. The normalized spacial score (nSPS) is 13.2. The zero-order valence-corrected chi connectivity index (χ0v) is 15.7. The number of rotatable bonds is 4. The van der Waals surface area contributed by atoms with E-state index in [1.807, 2.05) is 6.92 Å². The average Bonchev–Trinajstić information content (AvgIpc) is 3.34. The Morgan fingerprint density at radius 2 is 2.18 bits per heavy atom. The summed E-state index contributed by atoms with van der Waals surface area (Å²) in [6, 6.07) is 3.03. The molecule has 11 heteroatoms. The van der Waals surface area contributed by atoms with E-state index in [2.05, 4.69) is 20.4 Å². The molecule has 1 aliphatic heterocycles. The van der Waals surface area contributed by atoms with Crippen molar-refractivity contribution in [1.82, 2.24) is 24.6 Å². The van der Waals surface area contributed by atoms with Gasteiger partial charge in [0, 0.05) is 11.8 Å². The van der Waals surface area contributed by atoms with Crippen LogP contribution in [-0.4, -0.2) is 37.1 Å². The SMILES string of the molecule is Cc1ncc(-c2ccc(N)c(NC(=O)N3Cc4cnn(CC(F)F)c4C3)n2)s1. The number of thiazole rings is 1. The Kier molecular flexibility index (Phi) is 4.67. The number of anilines is 2. The highest BCUT2D eigenvalue weighted by molar-refractivity contribution is 7.15. The van der Waals surface area contributed by atoms with Crippen LogP contribution < -0.4 is 11.1 Å². The number of carbonyl (C=O) groups excluding carboxylic acids is 1. The summed E-state index contributed by atoms with van der Waals surface area (Å²) in [5.41, 5.74) is 8.32. The van der Waals surface area contributed by atoms with Gasteiger partial charge in [0.15, 0.2) is 5.82 Å². The van der Waals surface area contributed by atoms with Gasteiger partial charge < -0.3 is 10.6 Å². The van der Waals surface area contributed by atoms with E-state index >= 15 is 0 Å². The van der Waals surface area contributed by atoms with Crippen molar-refractivity contribution in [3.63, 3.8) is 0 Å². The summed E-state index contributed by atoms with van der Waals surface area (Å²) in [6.07, 6.45) is 0.731. The van der Waals surface area contributed by atoms with Crippen molar-refractivity contribution in [2.24, 2.45) is 0 Å². The molecule has 8 nitrogen and oxygen atoms in total. The topological polar surface area (TPSA) is 102 Å². The van der Waals surface area contributed by atoms with Gasteiger partial charge in [-0.3, -0.25) is 10.00 Å². The summed E-state index contributed by atoms with van der Waals surface area (Å²) in [7, 11) is 0. The molecule has 0 aliphatic carbocycles. The number of nitrogens with zero attached hydrogens (tertiary/aromatic N) is 5. The van der Waals surface area contributed by atoms with Crippen LogP contribution in [0.15, 0.2) is 24.5 Å². The van der Waals surface area contributed by atoms with Crippen molar-refractivity contribution in [2.45, 2.75) is 33.0 Å². The van der Waals surface area contributed by atoms with Gasteiger partial charge in [-0.2, -0.15) is 5.10 Å². The lowest BCUT2D eigenvalue weighted by Crippen LogP contribution is -2.31. The van der Waals surface area contributed by atoms with Gasteiger partial charge in [0.05, 0.1) is 46.2 Å². The number of halogens is 2. The number of hydrogen-bond acceptors (Lipinski definition) is 6. The first-order valence-electron chi connectivity index (χ1n) is 8.47. The third-order valence-electron chi connectivity index (χ3n) is 4.36. The third-order valence-corrected chi connectivity index (χ3v) is 5.30. The van der Waals surface area contributed by atoms with E-state index in [0.29, 0.717) is 17.1 Å². The minimum atomic E-state index is -2.51. The average molecular weight is 405 g/mol. The lowest BCUT2D eigenvalue weighted by atomic mass is 10.3. The van der Waals surface area contributed by atoms with Crippen LogP contribution >= 0.6 is 11.3 Å². The van der Waals surface area contributed by atoms with Gasteiger partial charge in [0.2, 0.25) is 0 Å². The number of alkyl halides is 2. The number of nitrogens with two attached hydrogens (primary N) is 1. The summed E-state index contributed by atoms with van der Waals surface area (Å²) in [6.45, 7) is 1.89. The minimum absolute atomic E-state index is 0.196. The van der Waals surface area contributed by atoms with Gasteiger partial charge in [-0.15, -0.1) is 11.3 Å². The molecule has 0 bridgehead atoms. The standard InChI is InChI=1S/C17H17F2N7OS/c1-9-21-5-14(28-9)12-3-2-11(20)16(23-12)24-17(27)25-6-10-4-22-26(8-15(18)19)13(10)7-25/h2-5,15H,6-8,20H2,1H3,(H,23,24,27). The molecule has 0 unspecified atom stereocenters. The molecule has 0 saturated carbocycles. The van der Waals surface area contributed by atoms with E-state index in [1.165, 1.54) is 27.1 Å². The first kappa shape index (κ1) is 18.3. The lowest BCUT2D eigenvalue weighted by Gasteiger charge is -2.17. The number of aromatic nitrogens is 4. The van der Waals surface area contributed by atoms with Crippen LogP contribution in [0.5, 0.6) is 0 Å². The Hall–Kier alpha value is -3.08. The predicted octanol–water partition coefficient (Wildman–Crippen LogP) is 3.11. The zero-order chi connectivity index (χ0) is 19.8. The van der Waals surface area contributed by atoms with Gasteiger partial charge in [-0.25, -0.2) is 23.5 Å². The summed E-state index contributed by atoms with van der Waals surface area (Å²) in [5, 5.41) is 7.58. The van der Waals surface area contributed by atoms with E-state index < -0.39 is 19.0 Å². The number of nitrogen functional groups attached to an aromatic ring is 1. The van der Waals surface area contributed by atoms with Gasteiger partial charge in [-0.05, 0) is 19.1 Å². The molecular formula is C17H17F2N7OS. The molecule has 0 radical (unpaired) electrons. The van der Waals surface area contributed by atoms with Crippen molar-refractivity contribution in [3.8, 4) is 10.6 Å². The second-order valence-electron chi connectivity index (χ2n) is 6.35. The Balaban J connectivity index is 1.49. The van der Waals surface area contributed by atoms with Gasteiger partial charge in [0.25, 0.3) is 6.43 Å². The summed E-state index contributed by atoms with van der Waals surface area (Å²) < 4.78 is 26.6. The first-order valence-corrected chi connectivity index (χ1v) is 9.29. The van der Waals surface area contributed by atoms with Gasteiger partial charge in [0.1, 0.15) is 6.54 Å². The molecule has 3 N–H and O–H groups in total. The van der Waals surface area contributed by atoms with Gasteiger partial charge in [-0.1, -0.05) is 0 Å². The molecule has 146 valence electrons. The van der Waals surface area contributed by atoms with E-state index in [4.69, 9.17) is 5.73 Å². The largest absolute Gasteiger partial charge is 0.396 e. The number of fused-ring (bicyclic) bond motifs is 1. The molecule has 0 saturated heterocycles. The number of carbonyl (C=O) groups is 1. The van der Waals surface area contributed by atoms with Crippen molar-refractivity contribution in [1.29, 1.82) is 0 Å². The maximum Gasteiger partial charge on any atom is 0.323 e. The highest BCUT2D eigenvalue weighted by atomic mass is 32.1. The molecule has 3 aromatic heterocycles. The minimum Gasteiger partial charge on any atom is -0.396 e. The second-order valence-corrected chi connectivity index (χ2v) is 7.59. The smallest absolute Gasteiger partial charge is 0.323 e. The lowest BCUT2D eigenvalue weighted by molar-refractivity contribution is 0.120. The Morgan fingerprint density at radius 1 is 1.36 bits per heavy atom. The number of urea groups is 1. The molecule has 2 amide bonds. The van der Waals surface area contributed by atoms with Crippen LogP contribution in [-0.2, 0) is 19.6 Å². The van der Waals surface area contributed by atoms with Crippen LogP contribution in [0.1, 0.15) is 16.3 Å². The molecule has 0 spiro atoms. The molecule has 1 aliphatic rings. The first-order chi connectivity index (χ1) is 13.4. The molecule has 4 rings (SSSR count). The molecule has 0 aromatic carbocycles. The molecule has 28 heavy (non-hydrogen) atoms. The Labute approximate surface area is 163 Å². The zero-order valence-electron chi connectivity index (χ0n) is 14.9. The van der Waals surface area contributed by atoms with Crippen molar-refractivity contribution in [3.05, 3.63) is 40.8 Å². The summed E-state index contributed by atoms with van der Waals surface area (Å²) >= 11 is 1.49. The maximum atomic E-state index is 12.7. The number of hydrogen-bond donors (Lipinski definition) is 2. The number of pyridine rings is 1. The molecule has 3 aromatic rings. The Morgan fingerprint density at radius 3 is 2.89 bits per heavy atom. The molecule has 0 atom stereocenters. The van der Waals surface area contributed by atoms with Crippen LogP contribution in [0.4, 0.5) is 25.1 Å². The second kappa shape index (κ2) is 7.15. The molecule has 0 fully saturated rings. The molecule has 4 heterocycles. The van der Waals surface area contributed by atoms with E-state index in [1.54, 1.807) is 18.3 Å². The fourth-order valence-corrected chi connectivity index (χ4v) is 3.75. The number of aryl methyl sites for hydroxylation is 1. The fraction of sp³-hybridized carbons (Fsp3) is 0.294. The molecular weight excluding hydrogens is 388 g/mol. The van der Waals surface area contributed by atoms with Gasteiger partial charge >= 0.3 is 6.03 Å². The summed E-state index contributed by atoms with van der Waals surface area (Å²) in [5.74, 6) is 0.249. The van der Waals surface area contributed by atoms with Crippen LogP contribution in [0, 0.1) is 6.92 Å². The monoisotopic (exact) mass is 405 g/mol. The Bertz CT molecular complexity index is 1030. The van der Waals surface area contributed by atoms with Crippen LogP contribution in [0.25, 0.3) is 10.6 Å². The van der Waals surface area contributed by atoms with Crippen LogP contribution in [0.3, 0.4) is 0 Å². The quantitative estimate of drug-likeness (QED) is 0.694. The van der Waals surface area contributed by atoms with Crippen molar-refractivity contribution in [2.75, 3.05) is 11.1 Å². The van der Waals surface area contributed by atoms with Crippen LogP contribution in [0.2, 0.25) is 0 Å².